The maximum Gasteiger partial charge on any atom is 0.289 e. The van der Waals surface area contributed by atoms with Crippen molar-refractivity contribution in [3.8, 4) is 5.75 Å². The van der Waals surface area contributed by atoms with Gasteiger partial charge < -0.3 is 4.74 Å². The highest BCUT2D eigenvalue weighted by atomic mass is 32.2. The normalized spacial score (nSPS) is 13.9. The van der Waals surface area contributed by atoms with Crippen molar-refractivity contribution < 1.29 is 4.74 Å². The van der Waals surface area contributed by atoms with Crippen LogP contribution in [0, 0.1) is 0 Å². The van der Waals surface area contributed by atoms with Crippen molar-refractivity contribution in [3.05, 3.63) is 44.1 Å². The molecule has 0 saturated carbocycles. The molecule has 0 saturated heterocycles. The molecule has 0 atom stereocenters. The van der Waals surface area contributed by atoms with Gasteiger partial charge in [-0.25, -0.2) is 0 Å². The predicted octanol–water partition coefficient (Wildman–Crippen LogP) is 4.37. The van der Waals surface area contributed by atoms with Crippen LogP contribution in [-0.2, 0) is 0 Å². The van der Waals surface area contributed by atoms with Crippen LogP contribution in [0.2, 0.25) is 0 Å². The lowest BCUT2D eigenvalue weighted by molar-refractivity contribution is 0.415. The largest absolute Gasteiger partial charge is 0.497 e. The first-order valence-electron chi connectivity index (χ1n) is 5.09. The molecule has 1 aliphatic heterocycles. The molecule has 0 bridgehead atoms. The van der Waals surface area contributed by atoms with Gasteiger partial charge in [0.15, 0.2) is 0 Å². The Balaban J connectivity index is 1.89. The fourth-order valence-electron chi connectivity index (χ4n) is 1.50. The van der Waals surface area contributed by atoms with E-state index in [0.717, 1.165) is 19.7 Å². The van der Waals surface area contributed by atoms with E-state index in [9.17, 15) is 4.79 Å². The van der Waals surface area contributed by atoms with Crippen molar-refractivity contribution in [2.75, 3.05) is 7.11 Å². The number of hydrogen-bond acceptors (Lipinski definition) is 6. The summed E-state index contributed by atoms with van der Waals surface area (Å²) in [4.78, 5) is 12.5. The molecule has 0 radical (unpaired) electrons. The van der Waals surface area contributed by atoms with E-state index in [4.69, 9.17) is 4.74 Å². The van der Waals surface area contributed by atoms with E-state index < -0.39 is 0 Å². The molecule has 0 fully saturated rings. The van der Waals surface area contributed by atoms with Crippen LogP contribution in [-0.4, -0.2) is 7.11 Å². The lowest BCUT2D eigenvalue weighted by Gasteiger charge is -2.11. The second-order valence-electron chi connectivity index (χ2n) is 3.46. The number of thioether (sulfide) groups is 2. The van der Waals surface area contributed by atoms with E-state index in [1.807, 2.05) is 24.3 Å². The Labute approximate surface area is 121 Å². The summed E-state index contributed by atoms with van der Waals surface area (Å²) in [6, 6.07) is 7.98. The minimum absolute atomic E-state index is 0.171. The van der Waals surface area contributed by atoms with Crippen LogP contribution in [0.15, 0.2) is 42.9 Å². The van der Waals surface area contributed by atoms with Crippen molar-refractivity contribution >= 4 is 51.1 Å². The SMILES string of the molecule is COc1ccc(C2=CSc3sc(=O)sc3S2)cc1. The standard InChI is InChI=1S/C12H8O2S4/c1-14-8-4-2-7(3-5-8)9-6-15-10-11(16-9)18-12(13)17-10/h2-6H,1H3. The molecule has 3 rings (SSSR count). The van der Waals surface area contributed by atoms with E-state index in [0.29, 0.717) is 0 Å². The lowest BCUT2D eigenvalue weighted by Crippen LogP contribution is -1.85. The Hall–Kier alpha value is -0.690. The summed E-state index contributed by atoms with van der Waals surface area (Å²) in [6.07, 6.45) is 0. The Bertz CT molecular complexity index is 651. The zero-order valence-electron chi connectivity index (χ0n) is 9.34. The van der Waals surface area contributed by atoms with Crippen LogP contribution in [0.3, 0.4) is 0 Å². The molecular formula is C12H8O2S4. The Morgan fingerprint density at radius 1 is 1.06 bits per heavy atom. The molecule has 1 aromatic heterocycles. The van der Waals surface area contributed by atoms with Crippen LogP contribution in [0.25, 0.3) is 4.91 Å². The third-order valence-corrected chi connectivity index (χ3v) is 7.42. The van der Waals surface area contributed by atoms with Crippen LogP contribution in [0.1, 0.15) is 5.56 Å². The average Bonchev–Trinajstić information content (AvgIpc) is 2.78. The van der Waals surface area contributed by atoms with Gasteiger partial charge in [-0.05, 0) is 23.1 Å². The first kappa shape index (κ1) is 12.3. The minimum atomic E-state index is 0.171. The highest BCUT2D eigenvalue weighted by Gasteiger charge is 2.17. The van der Waals surface area contributed by atoms with Crippen molar-refractivity contribution in [1.82, 2.24) is 0 Å². The van der Waals surface area contributed by atoms with E-state index >= 15 is 0 Å². The topological polar surface area (TPSA) is 26.3 Å². The van der Waals surface area contributed by atoms with E-state index in [1.54, 1.807) is 30.6 Å². The predicted molar refractivity (Wildman–Crippen MR) is 81.2 cm³/mol. The first-order valence-corrected chi connectivity index (χ1v) is 8.42. The number of methoxy groups -OCH3 is 1. The second-order valence-corrected chi connectivity index (χ2v) is 8.13. The molecule has 2 aromatic rings. The summed E-state index contributed by atoms with van der Waals surface area (Å²) < 4.78 is 7.55. The van der Waals surface area contributed by atoms with E-state index in [-0.39, 0.29) is 4.06 Å². The van der Waals surface area contributed by atoms with Gasteiger partial charge in [0.1, 0.15) is 5.75 Å². The van der Waals surface area contributed by atoms with Crippen molar-refractivity contribution in [2.24, 2.45) is 0 Å². The molecular weight excluding hydrogens is 304 g/mol. The summed E-state index contributed by atoms with van der Waals surface area (Å²) >= 11 is 5.98. The summed E-state index contributed by atoms with van der Waals surface area (Å²) in [6.45, 7) is 0. The third kappa shape index (κ3) is 2.38. The summed E-state index contributed by atoms with van der Waals surface area (Å²) in [5, 5.41) is 2.11. The molecule has 0 spiro atoms. The summed E-state index contributed by atoms with van der Waals surface area (Å²) in [5.41, 5.74) is 1.16. The zero-order valence-corrected chi connectivity index (χ0v) is 12.6. The summed E-state index contributed by atoms with van der Waals surface area (Å²) in [7, 11) is 1.66. The van der Waals surface area contributed by atoms with E-state index in [2.05, 4.69) is 5.41 Å². The van der Waals surface area contributed by atoms with Gasteiger partial charge in [0.2, 0.25) is 0 Å². The molecule has 1 aromatic carbocycles. The van der Waals surface area contributed by atoms with Gasteiger partial charge in [-0.3, -0.25) is 4.79 Å². The molecule has 2 nitrogen and oxygen atoms in total. The lowest BCUT2D eigenvalue weighted by atomic mass is 10.2. The molecule has 6 heteroatoms. The molecule has 92 valence electrons. The second kappa shape index (κ2) is 5.13. The fourth-order valence-corrected chi connectivity index (χ4v) is 6.54. The minimum Gasteiger partial charge on any atom is -0.497 e. The van der Waals surface area contributed by atoms with Gasteiger partial charge >= 0.3 is 0 Å². The van der Waals surface area contributed by atoms with Crippen LogP contribution in [0.4, 0.5) is 0 Å². The molecule has 0 unspecified atom stereocenters. The van der Waals surface area contributed by atoms with Gasteiger partial charge in [0.05, 0.1) is 15.5 Å². The highest BCUT2D eigenvalue weighted by Crippen LogP contribution is 2.49. The Kier molecular flexibility index (Phi) is 3.52. The monoisotopic (exact) mass is 312 g/mol. The zero-order chi connectivity index (χ0) is 12.5. The van der Waals surface area contributed by atoms with E-state index in [1.165, 1.54) is 27.6 Å². The maximum absolute atomic E-state index is 11.4. The van der Waals surface area contributed by atoms with Crippen molar-refractivity contribution in [1.29, 1.82) is 0 Å². The molecule has 1 aliphatic rings. The van der Waals surface area contributed by atoms with Crippen LogP contribution >= 0.6 is 46.2 Å². The highest BCUT2D eigenvalue weighted by molar-refractivity contribution is 8.14. The number of hydrogen-bond donors (Lipinski definition) is 0. The smallest absolute Gasteiger partial charge is 0.289 e. The fraction of sp³-hybridized carbons (Fsp3) is 0.0833. The molecule has 2 heterocycles. The average molecular weight is 312 g/mol. The number of fused-ring (bicyclic) bond motifs is 1. The van der Waals surface area contributed by atoms with Gasteiger partial charge in [0.25, 0.3) is 4.06 Å². The molecule has 0 aliphatic carbocycles. The third-order valence-electron chi connectivity index (χ3n) is 2.37. The maximum atomic E-state index is 11.4. The number of benzene rings is 1. The van der Waals surface area contributed by atoms with Gasteiger partial charge in [0, 0.05) is 4.91 Å². The van der Waals surface area contributed by atoms with Crippen molar-refractivity contribution in [2.45, 2.75) is 8.42 Å². The van der Waals surface area contributed by atoms with Gasteiger partial charge in [-0.2, -0.15) is 0 Å². The quantitative estimate of drug-likeness (QED) is 0.822. The molecule has 0 amide bonds. The summed E-state index contributed by atoms with van der Waals surface area (Å²) in [5.74, 6) is 0.855. The number of ether oxygens (including phenoxy) is 1. The van der Waals surface area contributed by atoms with Gasteiger partial charge in [-0.1, -0.05) is 58.3 Å². The van der Waals surface area contributed by atoms with Gasteiger partial charge in [-0.15, -0.1) is 0 Å². The first-order chi connectivity index (χ1) is 8.76. The Morgan fingerprint density at radius 2 is 1.78 bits per heavy atom. The molecule has 0 N–H and O–H groups in total. The van der Waals surface area contributed by atoms with Crippen molar-refractivity contribution in [3.63, 3.8) is 0 Å². The number of rotatable bonds is 2. The van der Waals surface area contributed by atoms with Crippen LogP contribution in [0.5, 0.6) is 5.75 Å². The Morgan fingerprint density at radius 3 is 2.50 bits per heavy atom. The molecule has 18 heavy (non-hydrogen) atoms. The van der Waals surface area contributed by atoms with Crippen LogP contribution < -0.4 is 8.79 Å².